The first kappa shape index (κ1) is 12.2. The second-order valence-electron chi connectivity index (χ2n) is 4.53. The Labute approximate surface area is 104 Å². The van der Waals surface area contributed by atoms with Crippen molar-refractivity contribution in [1.82, 2.24) is 5.32 Å². The molecule has 0 aromatic heterocycles. The van der Waals surface area contributed by atoms with Crippen molar-refractivity contribution in [3.63, 3.8) is 0 Å². The molecule has 1 atom stereocenters. The molecule has 3 heteroatoms. The van der Waals surface area contributed by atoms with Crippen molar-refractivity contribution in [2.75, 3.05) is 31.6 Å². The molecule has 1 saturated heterocycles. The second-order valence-corrected chi connectivity index (χ2v) is 4.53. The Kier molecular flexibility index (Phi) is 4.26. The van der Waals surface area contributed by atoms with E-state index < -0.39 is 0 Å². The zero-order valence-electron chi connectivity index (χ0n) is 10.8. The highest BCUT2D eigenvalue weighted by Gasteiger charge is 2.14. The van der Waals surface area contributed by atoms with Gasteiger partial charge in [-0.2, -0.15) is 0 Å². The third-order valence-corrected chi connectivity index (χ3v) is 3.49. The number of hydrogen-bond donors (Lipinski definition) is 1. The monoisotopic (exact) mass is 234 g/mol. The zero-order chi connectivity index (χ0) is 12.1. The van der Waals surface area contributed by atoms with Crippen LogP contribution in [-0.4, -0.2) is 32.8 Å². The van der Waals surface area contributed by atoms with Crippen molar-refractivity contribution >= 4 is 5.69 Å². The molecule has 1 fully saturated rings. The summed E-state index contributed by atoms with van der Waals surface area (Å²) in [6, 6.07) is 9.03. The average molecular weight is 234 g/mol. The van der Waals surface area contributed by atoms with Gasteiger partial charge < -0.3 is 15.0 Å². The molecule has 1 aliphatic rings. The molecular formula is C14H22N2O. The van der Waals surface area contributed by atoms with E-state index in [1.54, 1.807) is 7.11 Å². The van der Waals surface area contributed by atoms with Gasteiger partial charge in [0.2, 0.25) is 0 Å². The summed E-state index contributed by atoms with van der Waals surface area (Å²) in [5.41, 5.74) is 1.30. The van der Waals surface area contributed by atoms with E-state index >= 15 is 0 Å². The van der Waals surface area contributed by atoms with Crippen molar-refractivity contribution in [2.24, 2.45) is 0 Å². The van der Waals surface area contributed by atoms with Crippen molar-refractivity contribution < 1.29 is 4.74 Å². The molecule has 0 radical (unpaired) electrons. The summed E-state index contributed by atoms with van der Waals surface area (Å²) < 4.78 is 5.18. The maximum absolute atomic E-state index is 5.18. The van der Waals surface area contributed by atoms with E-state index in [9.17, 15) is 0 Å². The quantitative estimate of drug-likeness (QED) is 0.868. The predicted octanol–water partition coefficient (Wildman–Crippen LogP) is 2.27. The van der Waals surface area contributed by atoms with Gasteiger partial charge >= 0.3 is 0 Å². The van der Waals surface area contributed by atoms with Crippen molar-refractivity contribution in [3.8, 4) is 5.75 Å². The first-order valence-electron chi connectivity index (χ1n) is 6.46. The summed E-state index contributed by atoms with van der Waals surface area (Å²) in [6.45, 7) is 5.55. The van der Waals surface area contributed by atoms with Gasteiger partial charge in [0.15, 0.2) is 0 Å². The summed E-state index contributed by atoms with van der Waals surface area (Å²) in [5, 5.41) is 3.59. The van der Waals surface area contributed by atoms with Crippen LogP contribution in [0.15, 0.2) is 24.3 Å². The van der Waals surface area contributed by atoms with E-state index in [4.69, 9.17) is 4.74 Å². The van der Waals surface area contributed by atoms with E-state index in [1.807, 2.05) is 12.1 Å². The van der Waals surface area contributed by atoms with Gasteiger partial charge in [0.1, 0.15) is 5.75 Å². The smallest absolute Gasteiger partial charge is 0.119 e. The molecule has 1 N–H and O–H groups in total. The van der Waals surface area contributed by atoms with Crippen LogP contribution in [0.2, 0.25) is 0 Å². The minimum atomic E-state index is 0.679. The third-order valence-electron chi connectivity index (χ3n) is 3.49. The number of ether oxygens (including phenoxy) is 1. The molecule has 0 spiro atoms. The Balaban J connectivity index is 2.01. The van der Waals surface area contributed by atoms with Crippen LogP contribution in [0.1, 0.15) is 19.8 Å². The summed E-state index contributed by atoms with van der Waals surface area (Å²) in [4.78, 5) is 2.45. The summed E-state index contributed by atoms with van der Waals surface area (Å²) >= 11 is 0. The predicted molar refractivity (Wildman–Crippen MR) is 71.9 cm³/mol. The number of nitrogens with one attached hydrogen (secondary N) is 1. The van der Waals surface area contributed by atoms with Gasteiger partial charge in [0.05, 0.1) is 7.11 Å². The number of nitrogens with zero attached hydrogens (tertiary/aromatic N) is 1. The molecule has 1 unspecified atom stereocenters. The first-order valence-corrected chi connectivity index (χ1v) is 6.46. The lowest BCUT2D eigenvalue weighted by molar-refractivity contribution is 0.415. The summed E-state index contributed by atoms with van der Waals surface area (Å²) in [5.74, 6) is 0.924. The second kappa shape index (κ2) is 5.92. The Bertz CT molecular complexity index is 337. The molecule has 1 heterocycles. The summed E-state index contributed by atoms with van der Waals surface area (Å²) in [7, 11) is 1.71. The van der Waals surface area contributed by atoms with Crippen molar-refractivity contribution in [2.45, 2.75) is 25.8 Å². The van der Waals surface area contributed by atoms with Gasteiger partial charge in [-0.15, -0.1) is 0 Å². The fourth-order valence-corrected chi connectivity index (χ4v) is 2.33. The number of benzene rings is 1. The number of rotatable bonds is 3. The van der Waals surface area contributed by atoms with Crippen molar-refractivity contribution in [3.05, 3.63) is 24.3 Å². The van der Waals surface area contributed by atoms with Crippen LogP contribution in [0, 0.1) is 0 Å². The minimum absolute atomic E-state index is 0.679. The molecule has 1 aliphatic heterocycles. The third kappa shape index (κ3) is 3.13. The molecule has 94 valence electrons. The van der Waals surface area contributed by atoms with Crippen LogP contribution in [0.3, 0.4) is 0 Å². The molecular weight excluding hydrogens is 212 g/mol. The lowest BCUT2D eigenvalue weighted by atomic mass is 10.1. The molecule has 0 bridgehead atoms. The largest absolute Gasteiger partial charge is 0.497 e. The van der Waals surface area contributed by atoms with Gasteiger partial charge in [0.25, 0.3) is 0 Å². The van der Waals surface area contributed by atoms with E-state index in [2.05, 4.69) is 29.3 Å². The van der Waals surface area contributed by atoms with Gasteiger partial charge in [-0.1, -0.05) is 6.92 Å². The van der Waals surface area contributed by atoms with Gasteiger partial charge in [-0.3, -0.25) is 0 Å². The van der Waals surface area contributed by atoms with E-state index in [1.165, 1.54) is 18.5 Å². The molecule has 1 aromatic carbocycles. The maximum atomic E-state index is 5.18. The Morgan fingerprint density at radius 1 is 1.29 bits per heavy atom. The SMILES string of the molecule is CCC1CCN(c2ccc(OC)cc2)CCN1. The van der Waals surface area contributed by atoms with Gasteiger partial charge in [0, 0.05) is 31.4 Å². The Morgan fingerprint density at radius 2 is 2.06 bits per heavy atom. The number of hydrogen-bond acceptors (Lipinski definition) is 3. The number of anilines is 1. The first-order chi connectivity index (χ1) is 8.33. The van der Waals surface area contributed by atoms with Gasteiger partial charge in [-0.25, -0.2) is 0 Å². The molecule has 0 amide bonds. The van der Waals surface area contributed by atoms with Crippen LogP contribution < -0.4 is 15.0 Å². The lowest BCUT2D eigenvalue weighted by Crippen LogP contribution is -2.29. The molecule has 0 aliphatic carbocycles. The van der Waals surface area contributed by atoms with E-state index in [0.717, 1.165) is 25.4 Å². The van der Waals surface area contributed by atoms with Crippen LogP contribution in [0.5, 0.6) is 5.75 Å². The fraction of sp³-hybridized carbons (Fsp3) is 0.571. The van der Waals surface area contributed by atoms with Crippen LogP contribution >= 0.6 is 0 Å². The number of methoxy groups -OCH3 is 1. The Hall–Kier alpha value is -1.22. The summed E-state index contributed by atoms with van der Waals surface area (Å²) in [6.07, 6.45) is 2.44. The van der Waals surface area contributed by atoms with Crippen LogP contribution in [0.25, 0.3) is 0 Å². The topological polar surface area (TPSA) is 24.5 Å². The van der Waals surface area contributed by atoms with Crippen LogP contribution in [-0.2, 0) is 0 Å². The van der Waals surface area contributed by atoms with Crippen molar-refractivity contribution in [1.29, 1.82) is 0 Å². The maximum Gasteiger partial charge on any atom is 0.119 e. The minimum Gasteiger partial charge on any atom is -0.497 e. The molecule has 1 aromatic rings. The van der Waals surface area contributed by atoms with Gasteiger partial charge in [-0.05, 0) is 37.1 Å². The highest BCUT2D eigenvalue weighted by atomic mass is 16.5. The normalized spacial score (nSPS) is 21.1. The van der Waals surface area contributed by atoms with E-state index in [-0.39, 0.29) is 0 Å². The Morgan fingerprint density at radius 3 is 2.71 bits per heavy atom. The lowest BCUT2D eigenvalue weighted by Gasteiger charge is -2.22. The zero-order valence-corrected chi connectivity index (χ0v) is 10.8. The average Bonchev–Trinajstić information content (AvgIpc) is 2.64. The highest BCUT2D eigenvalue weighted by Crippen LogP contribution is 2.20. The van der Waals surface area contributed by atoms with Crippen LogP contribution in [0.4, 0.5) is 5.69 Å². The fourth-order valence-electron chi connectivity index (χ4n) is 2.33. The molecule has 0 saturated carbocycles. The highest BCUT2D eigenvalue weighted by molar-refractivity contribution is 5.49. The standard InChI is InChI=1S/C14H22N2O/c1-3-12-8-10-16(11-9-15-12)13-4-6-14(17-2)7-5-13/h4-7,12,15H,3,8-11H2,1-2H3. The molecule has 2 rings (SSSR count). The molecule has 17 heavy (non-hydrogen) atoms. The van der Waals surface area contributed by atoms with E-state index in [0.29, 0.717) is 6.04 Å². The molecule has 3 nitrogen and oxygen atoms in total.